The largest absolute Gasteiger partial charge is 0.416 e. The number of amides is 2. The molecule has 2 atom stereocenters. The van der Waals surface area contributed by atoms with E-state index in [0.29, 0.717) is 19.2 Å². The smallest absolute Gasteiger partial charge is 0.398 e. The van der Waals surface area contributed by atoms with E-state index < -0.39 is 23.6 Å². The molecule has 2 aromatic rings. The first-order chi connectivity index (χ1) is 16.2. The van der Waals surface area contributed by atoms with Crippen LogP contribution < -0.4 is 27.0 Å². The molecule has 11 heteroatoms. The van der Waals surface area contributed by atoms with Crippen LogP contribution >= 0.6 is 11.8 Å². The molecule has 0 saturated carbocycles. The number of anilines is 1. The van der Waals surface area contributed by atoms with Crippen LogP contribution in [-0.2, 0) is 17.5 Å². The number of hydrogen-bond acceptors (Lipinski definition) is 6. The highest BCUT2D eigenvalue weighted by Gasteiger charge is 2.32. The summed E-state index contributed by atoms with van der Waals surface area (Å²) >= 11 is 1.68. The number of benzene rings is 2. The lowest BCUT2D eigenvalue weighted by Gasteiger charge is -2.33. The van der Waals surface area contributed by atoms with Crippen LogP contribution in [0.5, 0.6) is 0 Å². The van der Waals surface area contributed by atoms with Gasteiger partial charge in [0.05, 0.1) is 23.7 Å². The predicted molar refractivity (Wildman–Crippen MR) is 126 cm³/mol. The minimum absolute atomic E-state index is 0.0280. The maximum atomic E-state index is 12.9. The fourth-order valence-electron chi connectivity index (χ4n) is 3.69. The Hall–Kier alpha value is -2.76. The van der Waals surface area contributed by atoms with Crippen molar-refractivity contribution < 1.29 is 22.8 Å². The molecule has 184 valence electrons. The second-order valence-electron chi connectivity index (χ2n) is 7.98. The lowest BCUT2D eigenvalue weighted by atomic mass is 10.00. The zero-order valence-electron chi connectivity index (χ0n) is 18.7. The summed E-state index contributed by atoms with van der Waals surface area (Å²) < 4.78 is 38.8. The van der Waals surface area contributed by atoms with Crippen molar-refractivity contribution in [2.45, 2.75) is 36.1 Å². The predicted octanol–water partition coefficient (Wildman–Crippen LogP) is 2.38. The van der Waals surface area contributed by atoms with Gasteiger partial charge in [0.15, 0.2) is 0 Å². The number of nitrogen functional groups attached to an aromatic ring is 1. The van der Waals surface area contributed by atoms with E-state index in [-0.39, 0.29) is 29.9 Å². The molecule has 6 N–H and O–H groups in total. The van der Waals surface area contributed by atoms with Gasteiger partial charge in [-0.3, -0.25) is 9.59 Å². The van der Waals surface area contributed by atoms with Crippen molar-refractivity contribution in [3.63, 3.8) is 0 Å². The molecule has 0 radical (unpaired) electrons. The Morgan fingerprint density at radius 2 is 1.88 bits per heavy atom. The van der Waals surface area contributed by atoms with Crippen LogP contribution in [0.2, 0.25) is 0 Å². The third-order valence-electron chi connectivity index (χ3n) is 5.59. The molecule has 1 aliphatic rings. The van der Waals surface area contributed by atoms with E-state index in [4.69, 9.17) is 5.73 Å². The number of nitrogens with one attached hydrogen (secondary N) is 4. The first-order valence-corrected chi connectivity index (χ1v) is 12.0. The Bertz CT molecular complexity index is 1000. The molecule has 0 bridgehead atoms. The van der Waals surface area contributed by atoms with Crippen LogP contribution in [0.25, 0.3) is 0 Å². The Morgan fingerprint density at radius 3 is 2.56 bits per heavy atom. The maximum absolute atomic E-state index is 12.9. The number of hydrogen-bond donors (Lipinski definition) is 5. The Morgan fingerprint density at radius 1 is 1.15 bits per heavy atom. The molecule has 2 aromatic carbocycles. The number of nitrogens with two attached hydrogens (primary N) is 1. The molecular formula is C23H28F3N5O2S. The minimum atomic E-state index is -4.60. The van der Waals surface area contributed by atoms with Gasteiger partial charge in [-0.05, 0) is 55.1 Å². The summed E-state index contributed by atoms with van der Waals surface area (Å²) in [5, 5.41) is 11.9. The number of alkyl halides is 3. The van der Waals surface area contributed by atoms with Gasteiger partial charge in [0.25, 0.3) is 5.91 Å². The van der Waals surface area contributed by atoms with Crippen LogP contribution in [0.3, 0.4) is 0 Å². The van der Waals surface area contributed by atoms with Gasteiger partial charge in [0, 0.05) is 29.7 Å². The summed E-state index contributed by atoms with van der Waals surface area (Å²) in [5.74, 6) is -1.28. The topological polar surface area (TPSA) is 108 Å². The highest BCUT2D eigenvalue weighted by atomic mass is 32.2. The molecule has 34 heavy (non-hydrogen) atoms. The minimum Gasteiger partial charge on any atom is -0.398 e. The van der Waals surface area contributed by atoms with Crippen LogP contribution in [0, 0.1) is 0 Å². The van der Waals surface area contributed by atoms with E-state index in [0.717, 1.165) is 30.7 Å². The van der Waals surface area contributed by atoms with Crippen LogP contribution in [0.4, 0.5) is 18.9 Å². The second kappa shape index (κ2) is 11.6. The van der Waals surface area contributed by atoms with Gasteiger partial charge in [0.2, 0.25) is 5.91 Å². The Labute approximate surface area is 200 Å². The van der Waals surface area contributed by atoms with Gasteiger partial charge in [-0.2, -0.15) is 13.2 Å². The molecule has 3 rings (SSSR count). The fourth-order valence-corrected chi connectivity index (χ4v) is 4.10. The standard InChI is InChI=1S/C23H28F3N5O2S/c1-34-16-5-2-14(3-6-16)11-29-19-8-9-28-12-20(19)31-21(32)13-30-22(33)17-10-15(23(24,25)26)4-7-18(17)27/h2-7,10,19-20,28-29H,8-9,11-13,27H2,1H3,(H,30,33)(H,31,32)/t19-,20+/m1/s1. The van der Waals surface area contributed by atoms with Crippen molar-refractivity contribution in [3.8, 4) is 0 Å². The normalized spacial score (nSPS) is 18.4. The van der Waals surface area contributed by atoms with Crippen LogP contribution in [0.1, 0.15) is 27.9 Å². The lowest BCUT2D eigenvalue weighted by Crippen LogP contribution is -2.59. The summed E-state index contributed by atoms with van der Waals surface area (Å²) in [4.78, 5) is 26.0. The first kappa shape index (κ1) is 25.9. The molecule has 0 aromatic heterocycles. The number of rotatable bonds is 8. The average Bonchev–Trinajstić information content (AvgIpc) is 2.82. The van der Waals surface area contributed by atoms with Gasteiger partial charge >= 0.3 is 6.18 Å². The third-order valence-corrected chi connectivity index (χ3v) is 6.33. The third kappa shape index (κ3) is 7.12. The molecular weight excluding hydrogens is 467 g/mol. The highest BCUT2D eigenvalue weighted by molar-refractivity contribution is 7.98. The Balaban J connectivity index is 1.53. The van der Waals surface area contributed by atoms with Gasteiger partial charge in [-0.1, -0.05) is 12.1 Å². The molecule has 1 fully saturated rings. The van der Waals surface area contributed by atoms with Crippen LogP contribution in [-0.4, -0.2) is 49.8 Å². The van der Waals surface area contributed by atoms with Gasteiger partial charge < -0.3 is 27.0 Å². The SMILES string of the molecule is CSc1ccc(CN[C@@H]2CCNC[C@@H]2NC(=O)CNC(=O)c2cc(C(F)(F)F)ccc2N)cc1. The first-order valence-electron chi connectivity index (χ1n) is 10.8. The Kier molecular flexibility index (Phi) is 8.81. The van der Waals surface area contributed by atoms with Gasteiger partial charge in [-0.25, -0.2) is 0 Å². The lowest BCUT2D eigenvalue weighted by molar-refractivity contribution is -0.137. The van der Waals surface area contributed by atoms with E-state index in [9.17, 15) is 22.8 Å². The van der Waals surface area contributed by atoms with Crippen molar-refractivity contribution in [3.05, 3.63) is 59.2 Å². The zero-order chi connectivity index (χ0) is 24.7. The second-order valence-corrected chi connectivity index (χ2v) is 8.86. The maximum Gasteiger partial charge on any atom is 0.416 e. The number of carbonyl (C=O) groups is 2. The molecule has 7 nitrogen and oxygen atoms in total. The molecule has 2 amide bonds. The van der Waals surface area contributed by atoms with E-state index in [1.807, 2.05) is 6.26 Å². The molecule has 1 saturated heterocycles. The molecule has 0 spiro atoms. The number of piperidine rings is 1. The van der Waals surface area contributed by atoms with E-state index in [1.165, 1.54) is 4.90 Å². The van der Waals surface area contributed by atoms with Gasteiger partial charge in [0.1, 0.15) is 0 Å². The van der Waals surface area contributed by atoms with Crippen molar-refractivity contribution in [1.29, 1.82) is 0 Å². The molecule has 0 aliphatic carbocycles. The zero-order valence-corrected chi connectivity index (χ0v) is 19.5. The summed E-state index contributed by atoms with van der Waals surface area (Å²) in [6.45, 7) is 1.63. The number of carbonyl (C=O) groups excluding carboxylic acids is 2. The number of halogens is 3. The number of thioether (sulfide) groups is 1. The highest BCUT2D eigenvalue weighted by Crippen LogP contribution is 2.31. The molecule has 0 unspecified atom stereocenters. The summed E-state index contributed by atoms with van der Waals surface area (Å²) in [6, 6.07) is 10.6. The van der Waals surface area contributed by atoms with Gasteiger partial charge in [-0.15, -0.1) is 11.8 Å². The van der Waals surface area contributed by atoms with Crippen molar-refractivity contribution >= 4 is 29.3 Å². The molecule has 1 heterocycles. The fraction of sp³-hybridized carbons (Fsp3) is 0.391. The average molecular weight is 496 g/mol. The summed E-state index contributed by atoms with van der Waals surface area (Å²) in [7, 11) is 0. The van der Waals surface area contributed by atoms with Crippen molar-refractivity contribution in [2.24, 2.45) is 0 Å². The van der Waals surface area contributed by atoms with E-state index in [1.54, 1.807) is 11.8 Å². The summed E-state index contributed by atoms with van der Waals surface area (Å²) in [6.07, 6.45) is -1.78. The van der Waals surface area contributed by atoms with Crippen molar-refractivity contribution in [1.82, 2.24) is 21.3 Å². The monoisotopic (exact) mass is 495 g/mol. The van der Waals surface area contributed by atoms with E-state index >= 15 is 0 Å². The summed E-state index contributed by atoms with van der Waals surface area (Å²) in [5.41, 5.74) is 5.38. The van der Waals surface area contributed by atoms with Crippen molar-refractivity contribution in [2.75, 3.05) is 31.6 Å². The molecule has 1 aliphatic heterocycles. The van der Waals surface area contributed by atoms with E-state index in [2.05, 4.69) is 45.5 Å². The quantitative estimate of drug-likeness (QED) is 0.284. The van der Waals surface area contributed by atoms with Crippen LogP contribution in [0.15, 0.2) is 47.4 Å².